The van der Waals surface area contributed by atoms with Gasteiger partial charge in [0.1, 0.15) is 17.6 Å². The summed E-state index contributed by atoms with van der Waals surface area (Å²) in [4.78, 5) is 70.7. The lowest BCUT2D eigenvalue weighted by atomic mass is 10.1. The van der Waals surface area contributed by atoms with Crippen LogP contribution in [0.3, 0.4) is 0 Å². The lowest BCUT2D eigenvalue weighted by molar-refractivity contribution is -0.141. The van der Waals surface area contributed by atoms with E-state index in [1.165, 1.54) is 21.5 Å². The van der Waals surface area contributed by atoms with Crippen LogP contribution in [0.2, 0.25) is 0 Å². The first-order valence-corrected chi connectivity index (χ1v) is 15.4. The summed E-state index contributed by atoms with van der Waals surface area (Å²) in [6.45, 7) is 2.41. The highest BCUT2D eigenvalue weighted by Crippen LogP contribution is 2.32. The van der Waals surface area contributed by atoms with Gasteiger partial charge in [-0.15, -0.1) is 0 Å². The van der Waals surface area contributed by atoms with Crippen LogP contribution in [0.1, 0.15) is 32.0 Å². The predicted molar refractivity (Wildman–Crippen MR) is 167 cm³/mol. The van der Waals surface area contributed by atoms with Crippen molar-refractivity contribution in [1.29, 1.82) is 0 Å². The molecule has 2 saturated heterocycles. The summed E-state index contributed by atoms with van der Waals surface area (Å²) in [6.07, 6.45) is -0.645. The van der Waals surface area contributed by atoms with Crippen molar-refractivity contribution >= 4 is 46.2 Å². The van der Waals surface area contributed by atoms with Gasteiger partial charge in [0.05, 0.1) is 36.8 Å². The molecule has 3 amide bonds. The molecule has 3 aromatic rings. The third-order valence-corrected chi connectivity index (χ3v) is 8.29. The number of halogens is 2. The zero-order valence-electron chi connectivity index (χ0n) is 26.2. The molecule has 1 N–H and O–H groups in total. The molecule has 2 aromatic carbocycles. The topological polar surface area (TPSA) is 143 Å². The second-order valence-corrected chi connectivity index (χ2v) is 11.2. The number of benzene rings is 2. The summed E-state index contributed by atoms with van der Waals surface area (Å²) in [5.41, 5.74) is 0.0943. The third-order valence-electron chi connectivity index (χ3n) is 8.29. The van der Waals surface area contributed by atoms with Gasteiger partial charge < -0.3 is 24.6 Å². The Morgan fingerprint density at radius 3 is 2.43 bits per heavy atom. The van der Waals surface area contributed by atoms with E-state index in [0.29, 0.717) is 23.1 Å². The minimum Gasteiger partial charge on any atom is -0.469 e. The molecule has 0 unspecified atom stereocenters. The standard InChI is InChI=1S/C32H36F2N6O7/c1-3-26-36-25-7-5-4-6-22(25)31(44)39(26)11-10-27(41)35-18-28(42)37-12-14-38(15-13-37)30-23(33)16-20(17-24(30)34)40-19-21(47-32(40)45)8-9-29(43)46-2/h4-7,16-17,21H,3,8-15,18-19H2,1-2H3,(H,35,41)/t21-/m0/s1. The van der Waals surface area contributed by atoms with Gasteiger partial charge in [-0.05, 0) is 18.6 Å². The minimum atomic E-state index is -0.871. The molecule has 250 valence electrons. The van der Waals surface area contributed by atoms with Gasteiger partial charge in [-0.3, -0.25) is 28.6 Å². The highest BCUT2D eigenvalue weighted by molar-refractivity contribution is 5.90. The zero-order valence-corrected chi connectivity index (χ0v) is 26.2. The molecule has 0 spiro atoms. The number of nitrogens with zero attached hydrogens (tertiary/aromatic N) is 5. The summed E-state index contributed by atoms with van der Waals surface area (Å²) >= 11 is 0. The number of nitrogens with one attached hydrogen (secondary N) is 1. The Hall–Kier alpha value is -5.08. The van der Waals surface area contributed by atoms with E-state index in [1.807, 2.05) is 6.92 Å². The van der Waals surface area contributed by atoms with Crippen molar-refractivity contribution in [3.63, 3.8) is 0 Å². The van der Waals surface area contributed by atoms with Crippen molar-refractivity contribution in [3.05, 3.63) is 64.2 Å². The first-order chi connectivity index (χ1) is 22.6. The van der Waals surface area contributed by atoms with Crippen LogP contribution in [0.25, 0.3) is 10.9 Å². The summed E-state index contributed by atoms with van der Waals surface area (Å²) in [7, 11) is 1.25. The van der Waals surface area contributed by atoms with Crippen molar-refractivity contribution in [2.75, 3.05) is 56.2 Å². The first kappa shape index (κ1) is 33.3. The molecule has 2 fully saturated rings. The molecule has 0 aliphatic carbocycles. The van der Waals surface area contributed by atoms with Crippen molar-refractivity contribution < 1.29 is 37.4 Å². The fraction of sp³-hybridized carbons (Fsp3) is 0.438. The molecule has 13 nitrogen and oxygen atoms in total. The van der Waals surface area contributed by atoms with Crippen molar-refractivity contribution in [1.82, 2.24) is 19.8 Å². The van der Waals surface area contributed by atoms with Crippen LogP contribution < -0.4 is 20.7 Å². The van der Waals surface area contributed by atoms with Crippen LogP contribution in [0.15, 0.2) is 41.2 Å². The number of hydrogen-bond acceptors (Lipinski definition) is 9. The Morgan fingerprint density at radius 1 is 1.04 bits per heavy atom. The number of aryl methyl sites for hydroxylation is 1. The van der Waals surface area contributed by atoms with Gasteiger partial charge in [0, 0.05) is 64.1 Å². The fourth-order valence-corrected chi connectivity index (χ4v) is 5.76. The van der Waals surface area contributed by atoms with Gasteiger partial charge in [0.15, 0.2) is 11.6 Å². The Morgan fingerprint density at radius 2 is 1.74 bits per heavy atom. The van der Waals surface area contributed by atoms with E-state index < -0.39 is 35.7 Å². The fourth-order valence-electron chi connectivity index (χ4n) is 5.76. The molecule has 0 saturated carbocycles. The van der Waals surface area contributed by atoms with Crippen LogP contribution >= 0.6 is 0 Å². The van der Waals surface area contributed by atoms with Gasteiger partial charge in [-0.1, -0.05) is 19.1 Å². The summed E-state index contributed by atoms with van der Waals surface area (Å²) in [6, 6.07) is 9.13. The SMILES string of the molecule is CCc1nc2ccccc2c(=O)n1CCC(=O)NCC(=O)N1CCN(c2c(F)cc(N3C[C@H](CCC(=O)OC)OC3=O)cc2F)CC1. The Bertz CT molecular complexity index is 1720. The van der Waals surface area contributed by atoms with Crippen LogP contribution in [-0.4, -0.2) is 90.8 Å². The summed E-state index contributed by atoms with van der Waals surface area (Å²) in [5, 5.41) is 3.06. The van der Waals surface area contributed by atoms with Crippen LogP contribution in [0, 0.1) is 11.6 Å². The van der Waals surface area contributed by atoms with Crippen molar-refractivity contribution in [3.8, 4) is 0 Å². The highest BCUT2D eigenvalue weighted by atomic mass is 19.1. The average Bonchev–Trinajstić information content (AvgIpc) is 3.45. The lowest BCUT2D eigenvalue weighted by Gasteiger charge is -2.36. The number of aromatic nitrogens is 2. The molecule has 47 heavy (non-hydrogen) atoms. The number of esters is 1. The number of carbonyl (C=O) groups is 4. The Labute approximate surface area is 269 Å². The van der Waals surface area contributed by atoms with E-state index >= 15 is 8.78 Å². The number of cyclic esters (lactones) is 1. The van der Waals surface area contributed by atoms with E-state index in [2.05, 4.69) is 15.0 Å². The number of amides is 3. The molecular formula is C32H36F2N6O7. The van der Waals surface area contributed by atoms with Gasteiger partial charge in [0.2, 0.25) is 11.8 Å². The van der Waals surface area contributed by atoms with E-state index in [0.717, 1.165) is 17.0 Å². The maximum atomic E-state index is 15.2. The minimum absolute atomic E-state index is 0.00783. The Balaban J connectivity index is 1.11. The number of rotatable bonds is 11. The first-order valence-electron chi connectivity index (χ1n) is 15.4. The molecule has 5 rings (SSSR count). The maximum absolute atomic E-state index is 15.2. The molecule has 3 heterocycles. The van der Waals surface area contributed by atoms with E-state index in [-0.39, 0.29) is 87.9 Å². The number of anilines is 2. The second kappa shape index (κ2) is 14.6. The summed E-state index contributed by atoms with van der Waals surface area (Å²) < 4.78 is 41.7. The molecule has 0 radical (unpaired) electrons. The molecule has 1 aromatic heterocycles. The normalized spacial score (nSPS) is 16.4. The predicted octanol–water partition coefficient (Wildman–Crippen LogP) is 2.37. The lowest BCUT2D eigenvalue weighted by Crippen LogP contribution is -2.51. The largest absolute Gasteiger partial charge is 0.469 e. The summed E-state index contributed by atoms with van der Waals surface area (Å²) in [5.74, 6) is -2.38. The number of hydrogen-bond donors (Lipinski definition) is 1. The number of para-hydroxylation sites is 1. The monoisotopic (exact) mass is 654 g/mol. The smallest absolute Gasteiger partial charge is 0.414 e. The second-order valence-electron chi connectivity index (χ2n) is 11.2. The third kappa shape index (κ3) is 7.50. The highest BCUT2D eigenvalue weighted by Gasteiger charge is 2.34. The number of carbonyl (C=O) groups excluding carboxylic acids is 4. The molecule has 2 aliphatic rings. The molecule has 1 atom stereocenters. The maximum Gasteiger partial charge on any atom is 0.414 e. The van der Waals surface area contributed by atoms with Crippen molar-refractivity contribution in [2.24, 2.45) is 0 Å². The van der Waals surface area contributed by atoms with Gasteiger partial charge >= 0.3 is 12.1 Å². The zero-order chi connectivity index (χ0) is 33.7. The molecule has 15 heteroatoms. The number of methoxy groups -OCH3 is 1. The van der Waals surface area contributed by atoms with E-state index in [1.54, 1.807) is 24.3 Å². The average molecular weight is 655 g/mol. The number of ether oxygens (including phenoxy) is 2. The molecule has 0 bridgehead atoms. The number of fused-ring (bicyclic) bond motifs is 1. The number of piperazine rings is 1. The molecule has 2 aliphatic heterocycles. The van der Waals surface area contributed by atoms with Crippen LogP contribution in [0.5, 0.6) is 0 Å². The quantitative estimate of drug-likeness (QED) is 0.308. The Kier molecular flexibility index (Phi) is 10.3. The van der Waals surface area contributed by atoms with E-state index in [9.17, 15) is 24.0 Å². The van der Waals surface area contributed by atoms with Gasteiger partial charge in [0.25, 0.3) is 5.56 Å². The van der Waals surface area contributed by atoms with E-state index in [4.69, 9.17) is 4.74 Å². The van der Waals surface area contributed by atoms with Crippen molar-refractivity contribution in [2.45, 2.75) is 45.3 Å². The van der Waals surface area contributed by atoms with Crippen LogP contribution in [-0.2, 0) is 36.8 Å². The van der Waals surface area contributed by atoms with Gasteiger partial charge in [-0.2, -0.15) is 0 Å². The molecular weight excluding hydrogens is 618 g/mol. The van der Waals surface area contributed by atoms with Crippen LogP contribution in [0.4, 0.5) is 25.0 Å². The van der Waals surface area contributed by atoms with Gasteiger partial charge in [-0.25, -0.2) is 18.6 Å².